The number of hydrogen-bond acceptors (Lipinski definition) is 3. The number of rotatable bonds is 3. The molecule has 1 N–H and O–H groups in total. The number of hydrogen-bond donors (Lipinski definition) is 1. The molecule has 5 rings (SSSR count). The first kappa shape index (κ1) is 15.8. The van der Waals surface area contributed by atoms with E-state index in [2.05, 4.69) is 51.6 Å². The van der Waals surface area contributed by atoms with Crippen molar-refractivity contribution >= 4 is 0 Å². The van der Waals surface area contributed by atoms with Crippen LogP contribution in [-0.2, 0) is 25.4 Å². The molecule has 2 aliphatic rings. The van der Waals surface area contributed by atoms with Gasteiger partial charge in [-0.05, 0) is 37.8 Å². The van der Waals surface area contributed by atoms with Crippen LogP contribution in [0.25, 0.3) is 11.3 Å². The number of aryl methyl sites for hydroxylation is 2. The van der Waals surface area contributed by atoms with Crippen LogP contribution in [0, 0.1) is 0 Å². The molecule has 0 saturated carbocycles. The summed E-state index contributed by atoms with van der Waals surface area (Å²) in [5.74, 6) is 0. The van der Waals surface area contributed by atoms with Gasteiger partial charge in [0, 0.05) is 48.6 Å². The zero-order valence-corrected chi connectivity index (χ0v) is 15.3. The Kier molecular flexibility index (Phi) is 3.71. The maximum atomic E-state index is 4.74. The molecule has 0 bridgehead atoms. The molecular formula is C21H25N5. The predicted octanol–water partition coefficient (Wildman–Crippen LogP) is 3.29. The Morgan fingerprint density at radius 2 is 2.08 bits per heavy atom. The standard InChI is InChI=1S/C21H25N5/c1-25-13-18(19(24-25)16-6-3-2-4-7-16)14-26-11-5-9-21(15-26)10-8-17-12-22-23-20(17)21/h2-4,6-7,12-13H,5,8-11,14-15H2,1H3,(H,22,23). The van der Waals surface area contributed by atoms with Crippen LogP contribution in [0.15, 0.2) is 42.7 Å². The summed E-state index contributed by atoms with van der Waals surface area (Å²) in [6, 6.07) is 10.5. The van der Waals surface area contributed by atoms with Crippen molar-refractivity contribution in [2.75, 3.05) is 13.1 Å². The fraction of sp³-hybridized carbons (Fsp3) is 0.429. The molecule has 1 aromatic carbocycles. The Balaban J connectivity index is 1.41. The Morgan fingerprint density at radius 3 is 2.96 bits per heavy atom. The highest BCUT2D eigenvalue weighted by molar-refractivity contribution is 5.62. The van der Waals surface area contributed by atoms with Crippen molar-refractivity contribution in [2.45, 2.75) is 37.6 Å². The van der Waals surface area contributed by atoms with E-state index in [0.29, 0.717) is 0 Å². The van der Waals surface area contributed by atoms with Crippen LogP contribution in [0.2, 0.25) is 0 Å². The summed E-state index contributed by atoms with van der Waals surface area (Å²) in [6.45, 7) is 3.24. The molecular weight excluding hydrogens is 322 g/mol. The minimum absolute atomic E-state index is 0.277. The van der Waals surface area contributed by atoms with Gasteiger partial charge in [0.1, 0.15) is 0 Å². The van der Waals surface area contributed by atoms with Gasteiger partial charge in [0.25, 0.3) is 0 Å². The first-order valence-electron chi connectivity index (χ1n) is 9.57. The van der Waals surface area contributed by atoms with Crippen LogP contribution >= 0.6 is 0 Å². The summed E-state index contributed by atoms with van der Waals surface area (Å²) in [5.41, 5.74) is 6.74. The third-order valence-corrected chi connectivity index (χ3v) is 6.12. The quantitative estimate of drug-likeness (QED) is 0.791. The lowest BCUT2D eigenvalue weighted by Gasteiger charge is -2.40. The van der Waals surface area contributed by atoms with Gasteiger partial charge in [0.05, 0.1) is 11.9 Å². The zero-order chi connectivity index (χ0) is 17.6. The van der Waals surface area contributed by atoms with Crippen LogP contribution < -0.4 is 0 Å². The van der Waals surface area contributed by atoms with Gasteiger partial charge in [-0.1, -0.05) is 30.3 Å². The van der Waals surface area contributed by atoms with Crippen LogP contribution in [-0.4, -0.2) is 38.0 Å². The molecule has 1 aliphatic carbocycles. The predicted molar refractivity (Wildman–Crippen MR) is 102 cm³/mol. The first-order chi connectivity index (χ1) is 12.7. The van der Waals surface area contributed by atoms with Gasteiger partial charge < -0.3 is 0 Å². The molecule has 1 atom stereocenters. The molecule has 1 saturated heterocycles. The van der Waals surface area contributed by atoms with E-state index in [9.17, 15) is 0 Å². The molecule has 26 heavy (non-hydrogen) atoms. The van der Waals surface area contributed by atoms with Gasteiger partial charge in [0.2, 0.25) is 0 Å². The summed E-state index contributed by atoms with van der Waals surface area (Å²) in [4.78, 5) is 2.61. The number of nitrogens with one attached hydrogen (secondary N) is 1. The largest absolute Gasteiger partial charge is 0.298 e. The van der Waals surface area contributed by atoms with Gasteiger partial charge >= 0.3 is 0 Å². The number of aromatic amines is 1. The van der Waals surface area contributed by atoms with Crippen molar-refractivity contribution in [1.29, 1.82) is 0 Å². The molecule has 0 amide bonds. The second-order valence-electron chi connectivity index (χ2n) is 7.91. The Morgan fingerprint density at radius 1 is 1.19 bits per heavy atom. The van der Waals surface area contributed by atoms with E-state index in [1.807, 2.05) is 17.9 Å². The average Bonchev–Trinajstić information content (AvgIpc) is 3.34. The summed E-state index contributed by atoms with van der Waals surface area (Å²) in [7, 11) is 2.02. The number of piperidine rings is 1. The lowest BCUT2D eigenvalue weighted by Crippen LogP contribution is -2.44. The second-order valence-corrected chi connectivity index (χ2v) is 7.91. The van der Waals surface area contributed by atoms with Gasteiger partial charge in [-0.2, -0.15) is 10.2 Å². The van der Waals surface area contributed by atoms with Crippen LogP contribution in [0.3, 0.4) is 0 Å². The van der Waals surface area contributed by atoms with Crippen LogP contribution in [0.4, 0.5) is 0 Å². The Labute approximate surface area is 154 Å². The van der Waals surface area contributed by atoms with Gasteiger partial charge in [-0.25, -0.2) is 0 Å². The number of nitrogens with zero attached hydrogens (tertiary/aromatic N) is 4. The van der Waals surface area contributed by atoms with E-state index in [1.54, 1.807) is 0 Å². The summed E-state index contributed by atoms with van der Waals surface area (Å²) in [5, 5.41) is 12.4. The molecule has 3 heterocycles. The Hall–Kier alpha value is -2.40. The highest BCUT2D eigenvalue weighted by Crippen LogP contribution is 2.44. The molecule has 0 radical (unpaired) electrons. The third-order valence-electron chi connectivity index (χ3n) is 6.12. The van der Waals surface area contributed by atoms with Crippen molar-refractivity contribution in [3.05, 3.63) is 59.5 Å². The molecule has 2 aromatic heterocycles. The van der Waals surface area contributed by atoms with E-state index in [-0.39, 0.29) is 5.41 Å². The molecule has 1 unspecified atom stereocenters. The van der Waals surface area contributed by atoms with Gasteiger partial charge in [-0.15, -0.1) is 0 Å². The van der Waals surface area contributed by atoms with E-state index in [4.69, 9.17) is 5.10 Å². The summed E-state index contributed by atoms with van der Waals surface area (Å²) < 4.78 is 1.94. The van der Waals surface area contributed by atoms with Crippen LogP contribution in [0.1, 0.15) is 36.1 Å². The van der Waals surface area contributed by atoms with E-state index in [0.717, 1.165) is 25.3 Å². The monoisotopic (exact) mass is 347 g/mol. The molecule has 3 aromatic rings. The number of H-pyrrole nitrogens is 1. The SMILES string of the molecule is Cn1cc(CN2CCCC3(CCc4cn[nH]c43)C2)c(-c2ccccc2)n1. The van der Waals surface area contributed by atoms with Crippen LogP contribution in [0.5, 0.6) is 0 Å². The highest BCUT2D eigenvalue weighted by Gasteiger charge is 2.43. The van der Waals surface area contributed by atoms with Crippen molar-refractivity contribution in [2.24, 2.45) is 7.05 Å². The first-order valence-corrected chi connectivity index (χ1v) is 9.57. The van der Waals surface area contributed by atoms with Crippen molar-refractivity contribution in [1.82, 2.24) is 24.9 Å². The highest BCUT2D eigenvalue weighted by atomic mass is 15.3. The van der Waals surface area contributed by atoms with E-state index in [1.165, 1.54) is 48.1 Å². The number of likely N-dealkylation sites (tertiary alicyclic amines) is 1. The lowest BCUT2D eigenvalue weighted by atomic mass is 9.77. The number of fused-ring (bicyclic) bond motifs is 2. The summed E-state index contributed by atoms with van der Waals surface area (Å²) >= 11 is 0. The fourth-order valence-corrected chi connectivity index (χ4v) is 4.96. The van der Waals surface area contributed by atoms with Gasteiger partial charge in [0.15, 0.2) is 0 Å². The molecule has 1 spiro atoms. The smallest absolute Gasteiger partial charge is 0.0968 e. The van der Waals surface area contributed by atoms with Crippen molar-refractivity contribution in [3.8, 4) is 11.3 Å². The minimum atomic E-state index is 0.277. The number of aromatic nitrogens is 4. The maximum Gasteiger partial charge on any atom is 0.0968 e. The van der Waals surface area contributed by atoms with E-state index >= 15 is 0 Å². The lowest BCUT2D eigenvalue weighted by molar-refractivity contribution is 0.136. The topological polar surface area (TPSA) is 49.7 Å². The average molecular weight is 347 g/mol. The van der Waals surface area contributed by atoms with Crippen molar-refractivity contribution < 1.29 is 0 Å². The maximum absolute atomic E-state index is 4.74. The third kappa shape index (κ3) is 2.58. The minimum Gasteiger partial charge on any atom is -0.298 e. The second kappa shape index (κ2) is 6.09. The van der Waals surface area contributed by atoms with Gasteiger partial charge in [-0.3, -0.25) is 14.7 Å². The molecule has 1 aliphatic heterocycles. The molecule has 1 fully saturated rings. The van der Waals surface area contributed by atoms with E-state index < -0.39 is 0 Å². The molecule has 5 nitrogen and oxygen atoms in total. The summed E-state index contributed by atoms with van der Waals surface area (Å²) in [6.07, 6.45) is 9.15. The van der Waals surface area contributed by atoms with Crippen molar-refractivity contribution in [3.63, 3.8) is 0 Å². The molecule has 134 valence electrons. The zero-order valence-electron chi connectivity index (χ0n) is 15.3. The molecule has 5 heteroatoms. The normalized spacial score (nSPS) is 22.8. The fourth-order valence-electron chi connectivity index (χ4n) is 4.96. The Bertz CT molecular complexity index is 910. The number of benzene rings is 1.